The van der Waals surface area contributed by atoms with Crippen LogP contribution in [0.25, 0.3) is 0 Å². The third-order valence-electron chi connectivity index (χ3n) is 1.79. The van der Waals surface area contributed by atoms with Gasteiger partial charge in [-0.15, -0.1) is 0 Å². The zero-order valence-corrected chi connectivity index (χ0v) is 9.08. The first-order valence-electron chi connectivity index (χ1n) is 5.04. The van der Waals surface area contributed by atoms with Gasteiger partial charge in [-0.1, -0.05) is 6.92 Å². The number of nitrogens with zero attached hydrogens (tertiary/aromatic N) is 1. The van der Waals surface area contributed by atoms with Crippen LogP contribution in [0.3, 0.4) is 0 Å². The Hall–Kier alpha value is -1.09. The van der Waals surface area contributed by atoms with E-state index in [1.165, 1.54) is 0 Å². The Labute approximate surface area is 85.5 Å². The monoisotopic (exact) mass is 194 g/mol. The molecule has 0 radical (unpaired) electrons. The topological polar surface area (TPSA) is 34.2 Å². The van der Waals surface area contributed by atoms with Crippen molar-refractivity contribution in [3.8, 4) is 5.75 Å². The molecule has 1 rings (SSSR count). The SMILES string of the molecule is CCNCc1cnccc1OC(C)C. The van der Waals surface area contributed by atoms with Gasteiger partial charge in [0.05, 0.1) is 6.10 Å². The highest BCUT2D eigenvalue weighted by atomic mass is 16.5. The quantitative estimate of drug-likeness (QED) is 0.778. The molecule has 0 amide bonds. The van der Waals surface area contributed by atoms with Crippen molar-refractivity contribution >= 4 is 0 Å². The molecular formula is C11H18N2O. The van der Waals surface area contributed by atoms with Crippen LogP contribution in [-0.4, -0.2) is 17.6 Å². The summed E-state index contributed by atoms with van der Waals surface area (Å²) in [6.07, 6.45) is 3.81. The fourth-order valence-corrected chi connectivity index (χ4v) is 1.18. The molecule has 1 aromatic heterocycles. The van der Waals surface area contributed by atoms with Gasteiger partial charge in [-0.2, -0.15) is 0 Å². The number of ether oxygens (including phenoxy) is 1. The van der Waals surface area contributed by atoms with Gasteiger partial charge in [0, 0.05) is 24.5 Å². The summed E-state index contributed by atoms with van der Waals surface area (Å²) in [5, 5.41) is 3.26. The van der Waals surface area contributed by atoms with Gasteiger partial charge >= 0.3 is 0 Å². The zero-order chi connectivity index (χ0) is 10.4. The molecule has 0 saturated carbocycles. The van der Waals surface area contributed by atoms with Crippen LogP contribution in [0.5, 0.6) is 5.75 Å². The maximum atomic E-state index is 5.66. The van der Waals surface area contributed by atoms with E-state index in [0.717, 1.165) is 24.4 Å². The largest absolute Gasteiger partial charge is 0.491 e. The lowest BCUT2D eigenvalue weighted by Crippen LogP contribution is -2.14. The summed E-state index contributed by atoms with van der Waals surface area (Å²) in [4.78, 5) is 4.09. The maximum Gasteiger partial charge on any atom is 0.127 e. The summed E-state index contributed by atoms with van der Waals surface area (Å²) >= 11 is 0. The number of pyridine rings is 1. The second-order valence-electron chi connectivity index (χ2n) is 3.43. The van der Waals surface area contributed by atoms with Crippen molar-refractivity contribution in [1.29, 1.82) is 0 Å². The second-order valence-corrected chi connectivity index (χ2v) is 3.43. The molecule has 0 aliphatic heterocycles. The average molecular weight is 194 g/mol. The highest BCUT2D eigenvalue weighted by Crippen LogP contribution is 2.17. The maximum absolute atomic E-state index is 5.66. The molecule has 3 heteroatoms. The van der Waals surface area contributed by atoms with E-state index < -0.39 is 0 Å². The zero-order valence-electron chi connectivity index (χ0n) is 9.08. The normalized spacial score (nSPS) is 10.6. The highest BCUT2D eigenvalue weighted by molar-refractivity contribution is 5.30. The van der Waals surface area contributed by atoms with Crippen LogP contribution in [0.2, 0.25) is 0 Å². The van der Waals surface area contributed by atoms with E-state index in [1.54, 1.807) is 6.20 Å². The highest BCUT2D eigenvalue weighted by Gasteiger charge is 2.04. The molecule has 1 heterocycles. The van der Waals surface area contributed by atoms with Crippen molar-refractivity contribution in [3.63, 3.8) is 0 Å². The predicted octanol–water partition coefficient (Wildman–Crippen LogP) is 1.98. The van der Waals surface area contributed by atoms with E-state index in [2.05, 4.69) is 17.2 Å². The molecule has 0 bridgehead atoms. The van der Waals surface area contributed by atoms with E-state index >= 15 is 0 Å². The van der Waals surface area contributed by atoms with Gasteiger partial charge in [-0.3, -0.25) is 4.98 Å². The van der Waals surface area contributed by atoms with Crippen LogP contribution in [0.15, 0.2) is 18.5 Å². The fourth-order valence-electron chi connectivity index (χ4n) is 1.18. The third kappa shape index (κ3) is 3.34. The number of rotatable bonds is 5. The van der Waals surface area contributed by atoms with Gasteiger partial charge in [0.25, 0.3) is 0 Å². The molecule has 0 fully saturated rings. The molecule has 3 nitrogen and oxygen atoms in total. The van der Waals surface area contributed by atoms with Crippen molar-refractivity contribution < 1.29 is 4.74 Å². The Morgan fingerprint density at radius 3 is 2.93 bits per heavy atom. The van der Waals surface area contributed by atoms with Crippen molar-refractivity contribution in [3.05, 3.63) is 24.0 Å². The average Bonchev–Trinajstić information content (AvgIpc) is 2.16. The fraction of sp³-hybridized carbons (Fsp3) is 0.545. The minimum atomic E-state index is 0.206. The molecule has 0 atom stereocenters. The molecule has 0 unspecified atom stereocenters. The lowest BCUT2D eigenvalue weighted by Gasteiger charge is -2.13. The molecule has 0 aliphatic rings. The van der Waals surface area contributed by atoms with Crippen LogP contribution in [0.4, 0.5) is 0 Å². The van der Waals surface area contributed by atoms with Gasteiger partial charge < -0.3 is 10.1 Å². The Balaban J connectivity index is 2.69. The van der Waals surface area contributed by atoms with Gasteiger partial charge in [-0.05, 0) is 26.5 Å². The first-order chi connectivity index (χ1) is 6.74. The van der Waals surface area contributed by atoms with E-state index in [9.17, 15) is 0 Å². The summed E-state index contributed by atoms with van der Waals surface area (Å²) < 4.78 is 5.66. The summed E-state index contributed by atoms with van der Waals surface area (Å²) in [7, 11) is 0. The van der Waals surface area contributed by atoms with Crippen LogP contribution in [0.1, 0.15) is 26.3 Å². The Kier molecular flexibility index (Phi) is 4.40. The van der Waals surface area contributed by atoms with Gasteiger partial charge in [0.1, 0.15) is 5.75 Å². The smallest absolute Gasteiger partial charge is 0.127 e. The lowest BCUT2D eigenvalue weighted by atomic mass is 10.2. The van der Waals surface area contributed by atoms with Crippen LogP contribution >= 0.6 is 0 Å². The molecule has 0 aromatic carbocycles. The molecule has 1 N–H and O–H groups in total. The Morgan fingerprint density at radius 1 is 1.50 bits per heavy atom. The standard InChI is InChI=1S/C11H18N2O/c1-4-12-7-10-8-13-6-5-11(10)14-9(2)3/h5-6,8-9,12H,4,7H2,1-3H3. The van der Waals surface area contributed by atoms with Gasteiger partial charge in [0.15, 0.2) is 0 Å². The van der Waals surface area contributed by atoms with Crippen molar-refractivity contribution in [2.45, 2.75) is 33.4 Å². The van der Waals surface area contributed by atoms with E-state index in [0.29, 0.717) is 0 Å². The third-order valence-corrected chi connectivity index (χ3v) is 1.79. The number of nitrogens with one attached hydrogen (secondary N) is 1. The minimum Gasteiger partial charge on any atom is -0.491 e. The van der Waals surface area contributed by atoms with Crippen LogP contribution in [0, 0.1) is 0 Å². The first kappa shape index (κ1) is 11.0. The second kappa shape index (κ2) is 5.60. The van der Waals surface area contributed by atoms with Crippen molar-refractivity contribution in [2.75, 3.05) is 6.54 Å². The molecule has 0 spiro atoms. The summed E-state index contributed by atoms with van der Waals surface area (Å²) in [6.45, 7) is 7.90. The van der Waals surface area contributed by atoms with E-state index in [4.69, 9.17) is 4.74 Å². The molecule has 0 saturated heterocycles. The summed E-state index contributed by atoms with van der Waals surface area (Å²) in [5.41, 5.74) is 1.11. The Morgan fingerprint density at radius 2 is 2.29 bits per heavy atom. The van der Waals surface area contributed by atoms with Gasteiger partial charge in [-0.25, -0.2) is 0 Å². The molecular weight excluding hydrogens is 176 g/mol. The lowest BCUT2D eigenvalue weighted by molar-refractivity contribution is 0.239. The van der Waals surface area contributed by atoms with Gasteiger partial charge in [0.2, 0.25) is 0 Å². The summed E-state index contributed by atoms with van der Waals surface area (Å²) in [5.74, 6) is 0.927. The summed E-state index contributed by atoms with van der Waals surface area (Å²) in [6, 6.07) is 1.91. The molecule has 1 aromatic rings. The predicted molar refractivity (Wildman–Crippen MR) is 57.4 cm³/mol. The number of hydrogen-bond acceptors (Lipinski definition) is 3. The molecule has 0 aliphatic carbocycles. The minimum absolute atomic E-state index is 0.206. The van der Waals surface area contributed by atoms with Crippen LogP contribution < -0.4 is 10.1 Å². The van der Waals surface area contributed by atoms with Crippen molar-refractivity contribution in [1.82, 2.24) is 10.3 Å². The first-order valence-corrected chi connectivity index (χ1v) is 5.04. The Bertz CT molecular complexity index is 274. The number of aromatic nitrogens is 1. The van der Waals surface area contributed by atoms with E-state index in [-0.39, 0.29) is 6.10 Å². The number of hydrogen-bond donors (Lipinski definition) is 1. The van der Waals surface area contributed by atoms with Crippen LogP contribution in [-0.2, 0) is 6.54 Å². The van der Waals surface area contributed by atoms with Crippen molar-refractivity contribution in [2.24, 2.45) is 0 Å². The van der Waals surface area contributed by atoms with E-state index in [1.807, 2.05) is 26.1 Å². The molecule has 14 heavy (non-hydrogen) atoms. The molecule has 78 valence electrons.